The number of carbonyl (C=O) groups excluding carboxylic acids is 1. The smallest absolute Gasteiger partial charge is 0.323 e. The Labute approximate surface area is 124 Å². The van der Waals surface area contributed by atoms with Crippen molar-refractivity contribution in [3.63, 3.8) is 0 Å². The van der Waals surface area contributed by atoms with Gasteiger partial charge in [0.25, 0.3) is 0 Å². The molecule has 0 bridgehead atoms. The number of nitrogens with zero attached hydrogens (tertiary/aromatic N) is 3. The second-order valence-electron chi connectivity index (χ2n) is 5.26. The maximum Gasteiger partial charge on any atom is 0.323 e. The minimum Gasteiger partial charge on any atom is -0.480 e. The molecule has 2 amide bonds. The quantitative estimate of drug-likeness (QED) is 0.862. The summed E-state index contributed by atoms with van der Waals surface area (Å²) in [4.78, 5) is 22.2. The van der Waals surface area contributed by atoms with Crippen LogP contribution in [0.5, 0.6) is 5.88 Å². The van der Waals surface area contributed by atoms with E-state index >= 15 is 0 Å². The van der Waals surface area contributed by atoms with E-state index in [9.17, 15) is 9.90 Å². The number of likely N-dealkylation sites (tertiary alicyclic amines) is 1. The summed E-state index contributed by atoms with van der Waals surface area (Å²) in [6, 6.07) is -0.241. The van der Waals surface area contributed by atoms with Crippen molar-refractivity contribution in [2.24, 2.45) is 0 Å². The second kappa shape index (κ2) is 6.71. The third kappa shape index (κ3) is 3.24. The number of aliphatic hydroxyl groups is 1. The van der Waals surface area contributed by atoms with Gasteiger partial charge in [-0.25, -0.2) is 14.8 Å². The number of nitrogens with one attached hydrogen (secondary N) is 1. The van der Waals surface area contributed by atoms with Crippen molar-refractivity contribution in [1.82, 2.24) is 14.9 Å². The van der Waals surface area contributed by atoms with Gasteiger partial charge in [0, 0.05) is 6.54 Å². The van der Waals surface area contributed by atoms with Crippen LogP contribution in [0.2, 0.25) is 0 Å². The standard InChI is InChI=1S/C14H22N4O3/c1-3-5-14(10-19)6-4-7-18(14)13(20)17-11-8-16-12(21-2)9-15-11/h8-9,19H,3-7,10H2,1-2H3,(H,15,17,20). The minimum atomic E-state index is -0.446. The summed E-state index contributed by atoms with van der Waals surface area (Å²) >= 11 is 0. The molecule has 1 fully saturated rings. The number of rotatable bonds is 5. The lowest BCUT2D eigenvalue weighted by atomic mass is 9.92. The fraction of sp³-hybridized carbons (Fsp3) is 0.643. The molecule has 1 unspecified atom stereocenters. The van der Waals surface area contributed by atoms with Crippen LogP contribution >= 0.6 is 0 Å². The van der Waals surface area contributed by atoms with Crippen molar-refractivity contribution in [1.29, 1.82) is 0 Å². The number of aliphatic hydroxyl groups excluding tert-OH is 1. The zero-order valence-electron chi connectivity index (χ0n) is 12.5. The summed E-state index contributed by atoms with van der Waals surface area (Å²) in [5.41, 5.74) is -0.446. The number of urea groups is 1. The summed E-state index contributed by atoms with van der Waals surface area (Å²) in [6.45, 7) is 2.69. The fourth-order valence-electron chi connectivity index (χ4n) is 2.89. The number of anilines is 1. The van der Waals surface area contributed by atoms with Crippen molar-refractivity contribution < 1.29 is 14.6 Å². The van der Waals surface area contributed by atoms with Gasteiger partial charge < -0.3 is 14.7 Å². The average molecular weight is 294 g/mol. The molecule has 1 aliphatic rings. The monoisotopic (exact) mass is 294 g/mol. The van der Waals surface area contributed by atoms with Crippen LogP contribution in [0.3, 0.4) is 0 Å². The molecule has 0 spiro atoms. The molecule has 1 aromatic heterocycles. The van der Waals surface area contributed by atoms with Gasteiger partial charge in [-0.1, -0.05) is 13.3 Å². The van der Waals surface area contributed by atoms with E-state index in [0.717, 1.165) is 25.7 Å². The first-order valence-corrected chi connectivity index (χ1v) is 7.20. The number of hydrogen-bond donors (Lipinski definition) is 2. The lowest BCUT2D eigenvalue weighted by Gasteiger charge is -2.36. The highest BCUT2D eigenvalue weighted by molar-refractivity contribution is 5.89. The Morgan fingerprint density at radius 1 is 1.52 bits per heavy atom. The van der Waals surface area contributed by atoms with E-state index in [1.165, 1.54) is 19.5 Å². The summed E-state index contributed by atoms with van der Waals surface area (Å²) in [5.74, 6) is 0.765. The molecule has 21 heavy (non-hydrogen) atoms. The Kier molecular flexibility index (Phi) is 4.95. The van der Waals surface area contributed by atoms with Gasteiger partial charge in [0.15, 0.2) is 5.82 Å². The van der Waals surface area contributed by atoms with Crippen molar-refractivity contribution in [3.8, 4) is 5.88 Å². The molecule has 1 aliphatic heterocycles. The predicted molar refractivity (Wildman–Crippen MR) is 78.3 cm³/mol. The summed E-state index contributed by atoms with van der Waals surface area (Å²) in [6.07, 6.45) is 6.36. The molecular weight excluding hydrogens is 272 g/mol. The molecule has 2 heterocycles. The van der Waals surface area contributed by atoms with Crippen molar-refractivity contribution in [2.75, 3.05) is 25.6 Å². The van der Waals surface area contributed by atoms with Crippen molar-refractivity contribution in [2.45, 2.75) is 38.1 Å². The van der Waals surface area contributed by atoms with Gasteiger partial charge >= 0.3 is 6.03 Å². The summed E-state index contributed by atoms with van der Waals surface area (Å²) < 4.78 is 4.93. The topological polar surface area (TPSA) is 87.6 Å². The fourth-order valence-corrected chi connectivity index (χ4v) is 2.89. The first kappa shape index (κ1) is 15.5. The Bertz CT molecular complexity index is 480. The molecule has 1 atom stereocenters. The third-order valence-corrected chi connectivity index (χ3v) is 3.92. The van der Waals surface area contributed by atoms with Gasteiger partial charge in [0.05, 0.1) is 31.6 Å². The van der Waals surface area contributed by atoms with Crippen LogP contribution in [0.4, 0.5) is 10.6 Å². The van der Waals surface area contributed by atoms with E-state index < -0.39 is 5.54 Å². The zero-order valence-corrected chi connectivity index (χ0v) is 12.5. The first-order valence-electron chi connectivity index (χ1n) is 7.20. The molecular formula is C14H22N4O3. The molecule has 2 rings (SSSR count). The van der Waals surface area contributed by atoms with Crippen LogP contribution in [-0.4, -0.2) is 51.8 Å². The van der Waals surface area contributed by atoms with E-state index in [0.29, 0.717) is 18.2 Å². The summed E-state index contributed by atoms with van der Waals surface area (Å²) in [7, 11) is 1.51. The van der Waals surface area contributed by atoms with Crippen LogP contribution in [0.1, 0.15) is 32.6 Å². The van der Waals surface area contributed by atoms with Crippen LogP contribution in [-0.2, 0) is 0 Å². The maximum atomic E-state index is 12.4. The third-order valence-electron chi connectivity index (χ3n) is 3.92. The van der Waals surface area contributed by atoms with Gasteiger partial charge in [-0.2, -0.15) is 0 Å². The molecule has 1 saturated heterocycles. The first-order chi connectivity index (χ1) is 10.1. The number of carbonyl (C=O) groups is 1. The minimum absolute atomic E-state index is 0.0114. The van der Waals surface area contributed by atoms with E-state index in [-0.39, 0.29) is 12.6 Å². The lowest BCUT2D eigenvalue weighted by Crippen LogP contribution is -2.51. The lowest BCUT2D eigenvalue weighted by molar-refractivity contribution is 0.0822. The second-order valence-corrected chi connectivity index (χ2v) is 5.26. The number of methoxy groups -OCH3 is 1. The van der Waals surface area contributed by atoms with Crippen molar-refractivity contribution >= 4 is 11.8 Å². The average Bonchev–Trinajstić information content (AvgIpc) is 2.93. The highest BCUT2D eigenvalue weighted by Gasteiger charge is 2.42. The zero-order chi connectivity index (χ0) is 15.3. The largest absolute Gasteiger partial charge is 0.480 e. The Balaban J connectivity index is 2.07. The molecule has 0 aliphatic carbocycles. The normalized spacial score (nSPS) is 21.4. The Morgan fingerprint density at radius 2 is 2.33 bits per heavy atom. The van der Waals surface area contributed by atoms with E-state index in [4.69, 9.17) is 4.74 Å². The number of ether oxygens (including phenoxy) is 1. The van der Waals surface area contributed by atoms with Crippen molar-refractivity contribution in [3.05, 3.63) is 12.4 Å². The van der Waals surface area contributed by atoms with Gasteiger partial charge in [-0.15, -0.1) is 0 Å². The molecule has 7 nitrogen and oxygen atoms in total. The highest BCUT2D eigenvalue weighted by Crippen LogP contribution is 2.33. The Hall–Kier alpha value is -1.89. The van der Waals surface area contributed by atoms with Gasteiger partial charge in [0.1, 0.15) is 0 Å². The predicted octanol–water partition coefficient (Wildman–Crippen LogP) is 1.64. The molecule has 0 saturated carbocycles. The van der Waals surface area contributed by atoms with Crippen LogP contribution in [0.25, 0.3) is 0 Å². The van der Waals surface area contributed by atoms with E-state index in [2.05, 4.69) is 22.2 Å². The molecule has 2 N–H and O–H groups in total. The van der Waals surface area contributed by atoms with Crippen LogP contribution in [0, 0.1) is 0 Å². The van der Waals surface area contributed by atoms with Crippen LogP contribution in [0.15, 0.2) is 12.4 Å². The summed E-state index contributed by atoms with van der Waals surface area (Å²) in [5, 5.41) is 12.5. The van der Waals surface area contributed by atoms with Gasteiger partial charge in [-0.3, -0.25) is 5.32 Å². The van der Waals surface area contributed by atoms with E-state index in [1.54, 1.807) is 4.90 Å². The molecule has 7 heteroatoms. The van der Waals surface area contributed by atoms with Crippen LogP contribution < -0.4 is 10.1 Å². The SMILES string of the molecule is CCCC1(CO)CCCN1C(=O)Nc1cnc(OC)cn1. The van der Waals surface area contributed by atoms with Gasteiger partial charge in [0.2, 0.25) is 5.88 Å². The van der Waals surface area contributed by atoms with Gasteiger partial charge in [-0.05, 0) is 19.3 Å². The molecule has 116 valence electrons. The number of hydrogen-bond acceptors (Lipinski definition) is 5. The maximum absolute atomic E-state index is 12.4. The van der Waals surface area contributed by atoms with E-state index in [1.807, 2.05) is 0 Å². The number of aromatic nitrogens is 2. The molecule has 0 aromatic carbocycles. The molecule has 0 radical (unpaired) electrons. The number of amides is 2. The highest BCUT2D eigenvalue weighted by atomic mass is 16.5. The Morgan fingerprint density at radius 3 is 2.90 bits per heavy atom. The molecule has 1 aromatic rings.